The number of rotatable bonds is 0. The van der Waals surface area contributed by atoms with Crippen LogP contribution in [0.1, 0.15) is 0 Å². The number of nitrogens with one attached hydrogen (secondary N) is 1. The number of hydrogen-bond donors (Lipinski definition) is 2. The molecule has 0 atom stereocenters. The second-order valence-electron chi connectivity index (χ2n) is 2.60. The normalized spacial score (nSPS) is 11.4. The van der Waals surface area contributed by atoms with Crippen LogP contribution < -0.4 is 5.73 Å². The van der Waals surface area contributed by atoms with E-state index >= 15 is 0 Å². The molecule has 0 fully saturated rings. The highest BCUT2D eigenvalue weighted by Crippen LogP contribution is 2.15. The van der Waals surface area contributed by atoms with E-state index in [1.165, 1.54) is 10.8 Å². The van der Waals surface area contributed by atoms with Crippen molar-refractivity contribution in [1.29, 1.82) is 0 Å². The van der Waals surface area contributed by atoms with E-state index in [0.717, 1.165) is 5.39 Å². The summed E-state index contributed by atoms with van der Waals surface area (Å²) in [7, 11) is 0. The molecule has 0 aliphatic rings. The van der Waals surface area contributed by atoms with E-state index < -0.39 is 0 Å². The molecule has 0 aliphatic carbocycles. The second kappa shape index (κ2) is 1.94. The lowest BCUT2D eigenvalue weighted by molar-refractivity contribution is 0.950. The molecule has 13 heavy (non-hydrogen) atoms. The Kier molecular flexibility index (Phi) is 0.950. The zero-order valence-electron chi connectivity index (χ0n) is 6.47. The van der Waals surface area contributed by atoms with Crippen molar-refractivity contribution < 1.29 is 0 Å². The summed E-state index contributed by atoms with van der Waals surface area (Å²) in [5.74, 6) is 0.999. The van der Waals surface area contributed by atoms with E-state index in [2.05, 4.69) is 25.3 Å². The molecule has 0 aliphatic heterocycles. The first-order chi connectivity index (χ1) is 6.36. The van der Waals surface area contributed by atoms with Crippen LogP contribution in [0.25, 0.3) is 16.8 Å². The molecule has 0 spiro atoms. The standard InChI is InChI=1S/C6H5N7/c7-4-3-1-8-6-9-2-10-13(6)5(3)12-11-4/h1-2H,(H3,7,11,12). The molecule has 3 aromatic rings. The number of nitrogen functional groups attached to an aromatic ring is 1. The fourth-order valence-electron chi connectivity index (χ4n) is 1.24. The van der Waals surface area contributed by atoms with E-state index in [9.17, 15) is 0 Å². The minimum atomic E-state index is 0.486. The van der Waals surface area contributed by atoms with Crippen LogP contribution in [0.3, 0.4) is 0 Å². The predicted molar refractivity (Wildman–Crippen MR) is 44.8 cm³/mol. The Morgan fingerprint density at radius 3 is 3.23 bits per heavy atom. The molecule has 0 bridgehead atoms. The van der Waals surface area contributed by atoms with E-state index in [1.54, 1.807) is 6.20 Å². The SMILES string of the molecule is Nc1[nH]nc2c1cnc1ncnn12. The van der Waals surface area contributed by atoms with Crippen molar-refractivity contribution in [3.8, 4) is 0 Å². The summed E-state index contributed by atoms with van der Waals surface area (Å²) in [5, 5.41) is 11.4. The lowest BCUT2D eigenvalue weighted by Gasteiger charge is -1.90. The second-order valence-corrected chi connectivity index (χ2v) is 2.60. The Morgan fingerprint density at radius 1 is 1.38 bits per heavy atom. The summed E-state index contributed by atoms with van der Waals surface area (Å²) >= 11 is 0. The van der Waals surface area contributed by atoms with E-state index in [4.69, 9.17) is 5.73 Å². The summed E-state index contributed by atoms with van der Waals surface area (Å²) < 4.78 is 1.53. The van der Waals surface area contributed by atoms with Gasteiger partial charge < -0.3 is 5.73 Å². The average Bonchev–Trinajstić information content (AvgIpc) is 2.70. The molecule has 64 valence electrons. The van der Waals surface area contributed by atoms with Gasteiger partial charge in [0.15, 0.2) is 5.65 Å². The monoisotopic (exact) mass is 175 g/mol. The summed E-state index contributed by atoms with van der Waals surface area (Å²) in [6.45, 7) is 0. The maximum Gasteiger partial charge on any atom is 0.254 e. The fraction of sp³-hybridized carbons (Fsp3) is 0. The molecule has 0 saturated heterocycles. The molecule has 3 heterocycles. The Hall–Kier alpha value is -2.18. The lowest BCUT2D eigenvalue weighted by atomic mass is 10.4. The first kappa shape index (κ1) is 6.35. The van der Waals surface area contributed by atoms with Crippen LogP contribution in [0.15, 0.2) is 12.5 Å². The summed E-state index contributed by atoms with van der Waals surface area (Å²) in [5.41, 5.74) is 6.26. The third-order valence-corrected chi connectivity index (χ3v) is 1.85. The number of nitrogens with zero attached hydrogens (tertiary/aromatic N) is 5. The van der Waals surface area contributed by atoms with Gasteiger partial charge in [-0.1, -0.05) is 0 Å². The van der Waals surface area contributed by atoms with Crippen molar-refractivity contribution in [1.82, 2.24) is 29.8 Å². The van der Waals surface area contributed by atoms with Gasteiger partial charge in [-0.15, -0.1) is 0 Å². The van der Waals surface area contributed by atoms with Gasteiger partial charge in [-0.25, -0.2) is 4.98 Å². The van der Waals surface area contributed by atoms with Crippen LogP contribution in [-0.2, 0) is 0 Å². The number of hydrogen-bond acceptors (Lipinski definition) is 5. The van der Waals surface area contributed by atoms with Gasteiger partial charge in [-0.3, -0.25) is 5.10 Å². The third kappa shape index (κ3) is 0.675. The van der Waals surface area contributed by atoms with Gasteiger partial charge in [-0.2, -0.15) is 19.7 Å². The molecule has 0 amide bonds. The summed E-state index contributed by atoms with van der Waals surface area (Å²) in [4.78, 5) is 7.98. The van der Waals surface area contributed by atoms with Crippen molar-refractivity contribution in [3.63, 3.8) is 0 Å². The number of fused-ring (bicyclic) bond motifs is 3. The molecular formula is C6H5N7. The van der Waals surface area contributed by atoms with Crippen molar-refractivity contribution in [2.75, 3.05) is 5.73 Å². The Bertz CT molecular complexity index is 577. The molecule has 0 radical (unpaired) electrons. The largest absolute Gasteiger partial charge is 0.383 e. The maximum absolute atomic E-state index is 5.62. The fourth-order valence-corrected chi connectivity index (χ4v) is 1.24. The number of nitrogens with two attached hydrogens (primary N) is 1. The van der Waals surface area contributed by atoms with Gasteiger partial charge in [0.05, 0.1) is 5.39 Å². The van der Waals surface area contributed by atoms with Crippen LogP contribution in [-0.4, -0.2) is 29.8 Å². The van der Waals surface area contributed by atoms with Gasteiger partial charge in [0.25, 0.3) is 5.78 Å². The lowest BCUT2D eigenvalue weighted by Crippen LogP contribution is -1.92. The molecule has 0 unspecified atom stereocenters. The molecule has 3 N–H and O–H groups in total. The molecule has 3 rings (SSSR count). The third-order valence-electron chi connectivity index (χ3n) is 1.85. The Labute approximate surface area is 71.6 Å². The van der Waals surface area contributed by atoms with E-state index in [1.807, 2.05) is 0 Å². The zero-order chi connectivity index (χ0) is 8.84. The van der Waals surface area contributed by atoms with Crippen LogP contribution in [0, 0.1) is 0 Å². The molecule has 0 aromatic carbocycles. The van der Waals surface area contributed by atoms with Gasteiger partial charge >= 0.3 is 0 Å². The van der Waals surface area contributed by atoms with Crippen LogP contribution in [0.5, 0.6) is 0 Å². The number of anilines is 1. The van der Waals surface area contributed by atoms with Crippen molar-refractivity contribution >= 4 is 22.6 Å². The Morgan fingerprint density at radius 2 is 2.31 bits per heavy atom. The predicted octanol–water partition coefficient (Wildman–Crippen LogP) is -0.417. The molecule has 3 aromatic heterocycles. The highest BCUT2D eigenvalue weighted by atomic mass is 15.4. The summed E-state index contributed by atoms with van der Waals surface area (Å²) in [6.07, 6.45) is 3.05. The van der Waals surface area contributed by atoms with Gasteiger partial charge in [0.2, 0.25) is 0 Å². The Balaban J connectivity index is 2.66. The number of H-pyrrole nitrogens is 1. The minimum absolute atomic E-state index is 0.486. The van der Waals surface area contributed by atoms with E-state index in [-0.39, 0.29) is 0 Å². The highest BCUT2D eigenvalue weighted by molar-refractivity contribution is 5.86. The van der Waals surface area contributed by atoms with Crippen molar-refractivity contribution in [3.05, 3.63) is 12.5 Å². The molecule has 0 saturated carbocycles. The first-order valence-electron chi connectivity index (χ1n) is 3.64. The van der Waals surface area contributed by atoms with Crippen LogP contribution >= 0.6 is 0 Å². The van der Waals surface area contributed by atoms with Crippen molar-refractivity contribution in [2.45, 2.75) is 0 Å². The van der Waals surface area contributed by atoms with Gasteiger partial charge in [-0.05, 0) is 0 Å². The quantitative estimate of drug-likeness (QED) is 0.483. The molecule has 7 heteroatoms. The molecule has 7 nitrogen and oxygen atoms in total. The first-order valence-corrected chi connectivity index (χ1v) is 3.64. The van der Waals surface area contributed by atoms with E-state index in [0.29, 0.717) is 17.2 Å². The average molecular weight is 175 g/mol. The molecular weight excluding hydrogens is 170 g/mol. The van der Waals surface area contributed by atoms with Gasteiger partial charge in [0.1, 0.15) is 12.1 Å². The van der Waals surface area contributed by atoms with Crippen LogP contribution in [0.2, 0.25) is 0 Å². The smallest absolute Gasteiger partial charge is 0.254 e. The minimum Gasteiger partial charge on any atom is -0.383 e. The zero-order valence-corrected chi connectivity index (χ0v) is 6.47. The summed E-state index contributed by atoms with van der Waals surface area (Å²) in [6, 6.07) is 0. The van der Waals surface area contributed by atoms with Crippen molar-refractivity contribution in [2.24, 2.45) is 0 Å². The number of aromatic amines is 1. The maximum atomic E-state index is 5.62. The van der Waals surface area contributed by atoms with Crippen LogP contribution in [0.4, 0.5) is 5.82 Å². The van der Waals surface area contributed by atoms with Gasteiger partial charge in [0, 0.05) is 6.20 Å². The topological polar surface area (TPSA) is 97.8 Å². The highest BCUT2D eigenvalue weighted by Gasteiger charge is 2.07. The number of aromatic nitrogens is 6.